The number of hydrogen-bond acceptors (Lipinski definition) is 3. The summed E-state index contributed by atoms with van der Waals surface area (Å²) in [5.74, 6) is 0.643. The molecule has 1 amide bonds. The summed E-state index contributed by atoms with van der Waals surface area (Å²) in [7, 11) is 1.93. The molecule has 2 aliphatic rings. The van der Waals surface area contributed by atoms with Gasteiger partial charge in [-0.1, -0.05) is 13.8 Å². The quantitative estimate of drug-likeness (QED) is 0.761. The van der Waals surface area contributed by atoms with Gasteiger partial charge in [-0.3, -0.25) is 9.69 Å². The van der Waals surface area contributed by atoms with Crippen molar-refractivity contribution in [3.05, 3.63) is 0 Å². The Morgan fingerprint density at radius 2 is 2.00 bits per heavy atom. The van der Waals surface area contributed by atoms with Crippen LogP contribution in [0.25, 0.3) is 0 Å². The summed E-state index contributed by atoms with van der Waals surface area (Å²) in [4.78, 5) is 16.9. The second-order valence-corrected chi connectivity index (χ2v) is 6.29. The van der Waals surface area contributed by atoms with Crippen molar-refractivity contribution in [2.75, 3.05) is 33.3 Å². The molecule has 0 spiro atoms. The van der Waals surface area contributed by atoms with Gasteiger partial charge in [-0.15, -0.1) is 0 Å². The minimum absolute atomic E-state index is 0.0499. The molecule has 0 aromatic heterocycles. The minimum atomic E-state index is 0.0499. The van der Waals surface area contributed by atoms with E-state index < -0.39 is 0 Å². The van der Waals surface area contributed by atoms with Crippen LogP contribution < -0.4 is 0 Å². The Bertz CT molecular complexity index is 295. The van der Waals surface area contributed by atoms with Crippen LogP contribution in [0.4, 0.5) is 0 Å². The summed E-state index contributed by atoms with van der Waals surface area (Å²) in [6, 6.07) is 0.0499. The fourth-order valence-corrected chi connectivity index (χ4v) is 3.29. The second kappa shape index (κ2) is 6.71. The SMILES string of the molecule is CC(C)[C@H](C(=O)N(C)C[C@H]1CCCO1)N1CCCC1. The predicted molar refractivity (Wildman–Crippen MR) is 76.0 cm³/mol. The fourth-order valence-electron chi connectivity index (χ4n) is 3.29. The van der Waals surface area contributed by atoms with Crippen molar-refractivity contribution in [2.24, 2.45) is 5.92 Å². The van der Waals surface area contributed by atoms with Gasteiger partial charge >= 0.3 is 0 Å². The first-order valence-electron chi connectivity index (χ1n) is 7.70. The van der Waals surface area contributed by atoms with E-state index in [1.165, 1.54) is 12.8 Å². The lowest BCUT2D eigenvalue weighted by Crippen LogP contribution is -2.50. The van der Waals surface area contributed by atoms with Gasteiger partial charge in [0, 0.05) is 20.2 Å². The Kier molecular flexibility index (Phi) is 5.22. The summed E-state index contributed by atoms with van der Waals surface area (Å²) in [6.07, 6.45) is 4.93. The molecule has 0 aromatic carbocycles. The molecule has 0 N–H and O–H groups in total. The maximum absolute atomic E-state index is 12.7. The molecule has 2 saturated heterocycles. The van der Waals surface area contributed by atoms with E-state index in [1.807, 2.05) is 11.9 Å². The van der Waals surface area contributed by atoms with E-state index in [9.17, 15) is 4.79 Å². The third kappa shape index (κ3) is 3.69. The van der Waals surface area contributed by atoms with E-state index in [-0.39, 0.29) is 18.1 Å². The van der Waals surface area contributed by atoms with Crippen LogP contribution in [0.5, 0.6) is 0 Å². The first kappa shape index (κ1) is 14.8. The number of carbonyl (C=O) groups excluding carboxylic acids is 1. The first-order valence-corrected chi connectivity index (χ1v) is 7.70. The Hall–Kier alpha value is -0.610. The molecule has 0 unspecified atom stereocenters. The maximum atomic E-state index is 12.7. The van der Waals surface area contributed by atoms with Gasteiger partial charge in [0.25, 0.3) is 0 Å². The predicted octanol–water partition coefficient (Wildman–Crippen LogP) is 1.74. The van der Waals surface area contributed by atoms with Crippen molar-refractivity contribution in [1.29, 1.82) is 0 Å². The third-order valence-corrected chi connectivity index (χ3v) is 4.30. The van der Waals surface area contributed by atoms with Crippen LogP contribution in [-0.2, 0) is 9.53 Å². The van der Waals surface area contributed by atoms with Crippen LogP contribution in [0, 0.1) is 5.92 Å². The van der Waals surface area contributed by atoms with Crippen LogP contribution in [-0.4, -0.2) is 61.1 Å². The first-order chi connectivity index (χ1) is 9.09. The molecule has 0 aromatic rings. The number of carbonyl (C=O) groups is 1. The zero-order valence-corrected chi connectivity index (χ0v) is 12.6. The van der Waals surface area contributed by atoms with Crippen molar-refractivity contribution in [3.63, 3.8) is 0 Å². The van der Waals surface area contributed by atoms with E-state index in [0.717, 1.165) is 39.1 Å². The molecule has 110 valence electrons. The van der Waals surface area contributed by atoms with Crippen molar-refractivity contribution in [1.82, 2.24) is 9.80 Å². The van der Waals surface area contributed by atoms with Crippen molar-refractivity contribution in [3.8, 4) is 0 Å². The van der Waals surface area contributed by atoms with E-state index in [4.69, 9.17) is 4.74 Å². The summed E-state index contributed by atoms with van der Waals surface area (Å²) in [5, 5.41) is 0. The highest BCUT2D eigenvalue weighted by Gasteiger charge is 2.33. The van der Waals surface area contributed by atoms with Crippen LogP contribution >= 0.6 is 0 Å². The van der Waals surface area contributed by atoms with Gasteiger partial charge < -0.3 is 9.64 Å². The van der Waals surface area contributed by atoms with E-state index in [1.54, 1.807) is 0 Å². The molecule has 4 nitrogen and oxygen atoms in total. The Morgan fingerprint density at radius 1 is 1.32 bits per heavy atom. The maximum Gasteiger partial charge on any atom is 0.240 e. The fraction of sp³-hybridized carbons (Fsp3) is 0.933. The Balaban J connectivity index is 1.93. The minimum Gasteiger partial charge on any atom is -0.376 e. The average molecular weight is 268 g/mol. The molecule has 19 heavy (non-hydrogen) atoms. The molecule has 2 fully saturated rings. The molecule has 2 aliphatic heterocycles. The number of amides is 1. The van der Waals surface area contributed by atoms with E-state index >= 15 is 0 Å². The van der Waals surface area contributed by atoms with Gasteiger partial charge in [0.15, 0.2) is 0 Å². The lowest BCUT2D eigenvalue weighted by molar-refractivity contribution is -0.138. The van der Waals surface area contributed by atoms with Gasteiger partial charge in [-0.05, 0) is 44.7 Å². The monoisotopic (exact) mass is 268 g/mol. The zero-order valence-electron chi connectivity index (χ0n) is 12.6. The number of likely N-dealkylation sites (tertiary alicyclic amines) is 1. The molecule has 2 rings (SSSR count). The van der Waals surface area contributed by atoms with Crippen molar-refractivity contribution in [2.45, 2.75) is 51.7 Å². The van der Waals surface area contributed by atoms with Crippen LogP contribution in [0.3, 0.4) is 0 Å². The van der Waals surface area contributed by atoms with Gasteiger partial charge in [0.1, 0.15) is 0 Å². The largest absolute Gasteiger partial charge is 0.376 e. The number of likely N-dealkylation sites (N-methyl/N-ethyl adjacent to an activating group) is 1. The number of nitrogens with zero attached hydrogens (tertiary/aromatic N) is 2. The number of rotatable bonds is 5. The molecule has 0 bridgehead atoms. The molecule has 2 heterocycles. The highest BCUT2D eigenvalue weighted by Crippen LogP contribution is 2.20. The lowest BCUT2D eigenvalue weighted by atomic mass is 10.0. The molecule has 2 atom stereocenters. The number of hydrogen-bond donors (Lipinski definition) is 0. The molecular formula is C15H28N2O2. The number of ether oxygens (including phenoxy) is 1. The summed E-state index contributed by atoms with van der Waals surface area (Å²) >= 11 is 0. The lowest BCUT2D eigenvalue weighted by Gasteiger charge is -2.33. The Morgan fingerprint density at radius 3 is 2.53 bits per heavy atom. The van der Waals surface area contributed by atoms with Gasteiger partial charge in [0.2, 0.25) is 5.91 Å². The standard InChI is InChI=1S/C15H28N2O2/c1-12(2)14(17-8-4-5-9-17)15(18)16(3)11-13-7-6-10-19-13/h12-14H,4-11H2,1-3H3/t13-,14-/m1/s1. The third-order valence-electron chi connectivity index (χ3n) is 4.30. The van der Waals surface area contributed by atoms with Crippen LogP contribution in [0.2, 0.25) is 0 Å². The van der Waals surface area contributed by atoms with Crippen LogP contribution in [0.15, 0.2) is 0 Å². The molecule has 0 radical (unpaired) electrons. The zero-order chi connectivity index (χ0) is 13.8. The van der Waals surface area contributed by atoms with Gasteiger partial charge in [-0.2, -0.15) is 0 Å². The highest BCUT2D eigenvalue weighted by atomic mass is 16.5. The summed E-state index contributed by atoms with van der Waals surface area (Å²) in [5.41, 5.74) is 0. The topological polar surface area (TPSA) is 32.8 Å². The van der Waals surface area contributed by atoms with Crippen molar-refractivity contribution < 1.29 is 9.53 Å². The van der Waals surface area contributed by atoms with Crippen LogP contribution in [0.1, 0.15) is 39.5 Å². The second-order valence-electron chi connectivity index (χ2n) is 6.29. The summed E-state index contributed by atoms with van der Waals surface area (Å²) in [6.45, 7) is 8.05. The van der Waals surface area contributed by atoms with Gasteiger partial charge in [0.05, 0.1) is 12.1 Å². The molecule has 0 saturated carbocycles. The Labute approximate surface area is 117 Å². The summed E-state index contributed by atoms with van der Waals surface area (Å²) < 4.78 is 5.63. The average Bonchev–Trinajstić information content (AvgIpc) is 3.01. The normalized spacial score (nSPS) is 26.0. The highest BCUT2D eigenvalue weighted by molar-refractivity contribution is 5.82. The van der Waals surface area contributed by atoms with Crippen molar-refractivity contribution >= 4 is 5.91 Å². The molecular weight excluding hydrogens is 240 g/mol. The molecule has 4 heteroatoms. The van der Waals surface area contributed by atoms with Gasteiger partial charge in [-0.25, -0.2) is 0 Å². The van der Waals surface area contributed by atoms with E-state index in [0.29, 0.717) is 5.92 Å². The smallest absolute Gasteiger partial charge is 0.240 e. The molecule has 0 aliphatic carbocycles. The van der Waals surface area contributed by atoms with E-state index in [2.05, 4.69) is 18.7 Å².